The Morgan fingerprint density at radius 2 is 0.837 bits per heavy atom. The number of fused-ring (bicyclic) bond motifs is 11. The highest BCUT2D eigenvalue weighted by molar-refractivity contribution is 6.24. The van der Waals surface area contributed by atoms with Gasteiger partial charge < -0.3 is 4.90 Å². The zero-order valence-electron chi connectivity index (χ0n) is 28.4. The van der Waals surface area contributed by atoms with Gasteiger partial charge in [-0.25, -0.2) is 0 Å². The van der Waals surface area contributed by atoms with E-state index in [1.165, 1.54) is 93.9 Å². The molecule has 8 aromatic rings. The molecule has 0 heterocycles. The molecule has 8 aromatic carbocycles. The largest absolute Gasteiger partial charge is 0.310 e. The van der Waals surface area contributed by atoms with Gasteiger partial charge >= 0.3 is 0 Å². The average molecular weight is 628 g/mol. The molecule has 0 aromatic heterocycles. The van der Waals surface area contributed by atoms with Crippen LogP contribution in [-0.4, -0.2) is 0 Å². The molecule has 1 nitrogen and oxygen atoms in total. The van der Waals surface area contributed by atoms with Gasteiger partial charge in [0.2, 0.25) is 0 Å². The highest BCUT2D eigenvalue weighted by atomic mass is 15.1. The van der Waals surface area contributed by atoms with Crippen molar-refractivity contribution in [2.24, 2.45) is 0 Å². The highest BCUT2D eigenvalue weighted by Crippen LogP contribution is 2.54. The van der Waals surface area contributed by atoms with Crippen molar-refractivity contribution in [2.45, 2.75) is 38.5 Å². The minimum atomic E-state index is -0.0489. The van der Waals surface area contributed by atoms with Gasteiger partial charge in [-0.2, -0.15) is 0 Å². The van der Waals surface area contributed by atoms with E-state index in [1.807, 2.05) is 0 Å². The van der Waals surface area contributed by atoms with Crippen molar-refractivity contribution in [3.05, 3.63) is 174 Å². The molecule has 0 bridgehead atoms. The molecule has 0 saturated heterocycles. The second kappa shape index (κ2) is 9.94. The topological polar surface area (TPSA) is 3.24 Å². The number of anilines is 3. The van der Waals surface area contributed by atoms with Gasteiger partial charge in [0.1, 0.15) is 0 Å². The number of hydrogen-bond donors (Lipinski definition) is 0. The maximum Gasteiger partial charge on any atom is 0.0546 e. The van der Waals surface area contributed by atoms with E-state index in [2.05, 4.69) is 184 Å². The molecule has 49 heavy (non-hydrogen) atoms. The Kier molecular flexibility index (Phi) is 5.75. The van der Waals surface area contributed by atoms with Crippen LogP contribution >= 0.6 is 0 Å². The second-order valence-corrected chi connectivity index (χ2v) is 15.0. The maximum absolute atomic E-state index is 2.52. The van der Waals surface area contributed by atoms with E-state index >= 15 is 0 Å². The van der Waals surface area contributed by atoms with E-state index in [9.17, 15) is 0 Å². The summed E-state index contributed by atoms with van der Waals surface area (Å²) in [7, 11) is 0. The lowest BCUT2D eigenvalue weighted by Gasteiger charge is -2.30. The number of rotatable bonds is 3. The highest BCUT2D eigenvalue weighted by Gasteiger charge is 2.37. The SMILES string of the molecule is CC1(C)c2ccccc2-c2cc(N(c3ccc4c(c3)-c3ccccc3C4(C)C)c3cccc4ccc5ccc6ccccc6c5c34)ccc21. The van der Waals surface area contributed by atoms with Gasteiger partial charge in [0, 0.05) is 27.6 Å². The van der Waals surface area contributed by atoms with Gasteiger partial charge in [-0.1, -0.05) is 149 Å². The first-order chi connectivity index (χ1) is 23.8. The quantitative estimate of drug-likeness (QED) is 0.176. The summed E-state index contributed by atoms with van der Waals surface area (Å²) in [5.74, 6) is 0. The zero-order chi connectivity index (χ0) is 33.1. The fourth-order valence-electron chi connectivity index (χ4n) is 9.16. The van der Waals surface area contributed by atoms with Crippen LogP contribution in [0, 0.1) is 0 Å². The van der Waals surface area contributed by atoms with Gasteiger partial charge in [0.25, 0.3) is 0 Å². The summed E-state index contributed by atoms with van der Waals surface area (Å²) in [4.78, 5) is 2.52. The Bertz CT molecular complexity index is 2560. The molecule has 0 radical (unpaired) electrons. The number of hydrogen-bond acceptors (Lipinski definition) is 1. The summed E-state index contributed by atoms with van der Waals surface area (Å²) >= 11 is 0. The van der Waals surface area contributed by atoms with Crippen LogP contribution in [-0.2, 0) is 10.8 Å². The monoisotopic (exact) mass is 627 g/mol. The lowest BCUT2D eigenvalue weighted by molar-refractivity contribution is 0.660. The minimum absolute atomic E-state index is 0.0489. The normalized spacial score (nSPS) is 14.9. The summed E-state index contributed by atoms with van der Waals surface area (Å²) in [5, 5.41) is 7.62. The van der Waals surface area contributed by atoms with E-state index in [0.29, 0.717) is 0 Å². The lowest BCUT2D eigenvalue weighted by Crippen LogP contribution is -2.16. The fourth-order valence-corrected chi connectivity index (χ4v) is 9.16. The Morgan fingerprint density at radius 1 is 0.367 bits per heavy atom. The Labute approximate surface area is 288 Å². The van der Waals surface area contributed by atoms with Crippen LogP contribution in [0.1, 0.15) is 49.9 Å². The summed E-state index contributed by atoms with van der Waals surface area (Å²) in [6, 6.07) is 56.9. The number of benzene rings is 8. The molecule has 10 rings (SSSR count). The maximum atomic E-state index is 2.52. The zero-order valence-corrected chi connectivity index (χ0v) is 28.4. The molecule has 2 aliphatic rings. The first kappa shape index (κ1) is 28.4. The van der Waals surface area contributed by atoms with Crippen molar-refractivity contribution in [1.29, 1.82) is 0 Å². The molecular weight excluding hydrogens is 591 g/mol. The molecule has 0 unspecified atom stereocenters. The van der Waals surface area contributed by atoms with Crippen LogP contribution in [0.5, 0.6) is 0 Å². The van der Waals surface area contributed by atoms with E-state index in [1.54, 1.807) is 0 Å². The molecule has 0 fully saturated rings. The molecule has 0 spiro atoms. The van der Waals surface area contributed by atoms with Crippen molar-refractivity contribution >= 4 is 49.4 Å². The molecule has 0 amide bonds. The van der Waals surface area contributed by atoms with Gasteiger partial charge in [-0.15, -0.1) is 0 Å². The molecule has 0 saturated carbocycles. The summed E-state index contributed by atoms with van der Waals surface area (Å²) in [6.07, 6.45) is 0. The van der Waals surface area contributed by atoms with Crippen LogP contribution < -0.4 is 4.90 Å². The van der Waals surface area contributed by atoms with E-state index in [0.717, 1.165) is 0 Å². The van der Waals surface area contributed by atoms with Crippen molar-refractivity contribution < 1.29 is 0 Å². The molecule has 0 atom stereocenters. The second-order valence-electron chi connectivity index (χ2n) is 15.0. The minimum Gasteiger partial charge on any atom is -0.310 e. The van der Waals surface area contributed by atoms with Gasteiger partial charge in [0.15, 0.2) is 0 Å². The lowest BCUT2D eigenvalue weighted by atomic mass is 9.82. The van der Waals surface area contributed by atoms with E-state index < -0.39 is 0 Å². The molecule has 0 N–H and O–H groups in total. The predicted molar refractivity (Wildman–Crippen MR) is 209 cm³/mol. The summed E-state index contributed by atoms with van der Waals surface area (Å²) in [5.41, 5.74) is 14.3. The fraction of sp³-hybridized carbons (Fsp3) is 0.125. The Morgan fingerprint density at radius 3 is 1.45 bits per heavy atom. The van der Waals surface area contributed by atoms with E-state index in [-0.39, 0.29) is 10.8 Å². The van der Waals surface area contributed by atoms with Crippen molar-refractivity contribution in [3.63, 3.8) is 0 Å². The summed E-state index contributed by atoms with van der Waals surface area (Å²) < 4.78 is 0. The third-order valence-corrected chi connectivity index (χ3v) is 11.6. The number of nitrogens with zero attached hydrogens (tertiary/aromatic N) is 1. The van der Waals surface area contributed by atoms with Gasteiger partial charge in [0.05, 0.1) is 5.69 Å². The van der Waals surface area contributed by atoms with E-state index in [4.69, 9.17) is 0 Å². The van der Waals surface area contributed by atoms with Crippen molar-refractivity contribution in [2.75, 3.05) is 4.90 Å². The van der Waals surface area contributed by atoms with Crippen LogP contribution in [0.4, 0.5) is 17.1 Å². The smallest absolute Gasteiger partial charge is 0.0546 e. The Balaban J connectivity index is 1.30. The third kappa shape index (κ3) is 3.88. The summed E-state index contributed by atoms with van der Waals surface area (Å²) in [6.45, 7) is 9.43. The van der Waals surface area contributed by atoms with Gasteiger partial charge in [-0.05, 0) is 102 Å². The third-order valence-electron chi connectivity index (χ3n) is 11.6. The van der Waals surface area contributed by atoms with Crippen LogP contribution in [0.3, 0.4) is 0 Å². The first-order valence-corrected chi connectivity index (χ1v) is 17.4. The van der Waals surface area contributed by atoms with Crippen molar-refractivity contribution in [1.82, 2.24) is 0 Å². The first-order valence-electron chi connectivity index (χ1n) is 17.4. The van der Waals surface area contributed by atoms with Crippen LogP contribution in [0.25, 0.3) is 54.6 Å². The standard InChI is InChI=1S/C48H37N/c1-47(2)40-17-9-7-15-36(40)38-28-33(24-26-42(38)47)49(34-25-27-43-39(29-34)37-16-8-10-18-41(37)48(43,3)4)44-19-11-13-31-22-23-32-21-20-30-12-5-6-14-35(30)45(32)46(31)44/h5-29H,1-4H3. The molecule has 0 aliphatic heterocycles. The van der Waals surface area contributed by atoms with Crippen molar-refractivity contribution in [3.8, 4) is 22.3 Å². The Hall–Kier alpha value is -5.66. The molecule has 2 aliphatic carbocycles. The van der Waals surface area contributed by atoms with Gasteiger partial charge in [-0.3, -0.25) is 0 Å². The molecule has 234 valence electrons. The van der Waals surface area contributed by atoms with Crippen LogP contribution in [0.15, 0.2) is 152 Å². The predicted octanol–water partition coefficient (Wildman–Crippen LogP) is 13.2. The van der Waals surface area contributed by atoms with Crippen LogP contribution in [0.2, 0.25) is 0 Å². The molecular formula is C48H37N. The average Bonchev–Trinajstić information content (AvgIpc) is 3.50. The molecule has 1 heteroatoms.